The molecule has 0 atom stereocenters. The number of esters is 1. The van der Waals surface area contributed by atoms with Gasteiger partial charge in [-0.3, -0.25) is 19.3 Å². The summed E-state index contributed by atoms with van der Waals surface area (Å²) in [4.78, 5) is 48.3. The number of halogens is 2. The van der Waals surface area contributed by atoms with Crippen molar-refractivity contribution >= 4 is 79.4 Å². The molecule has 2 heterocycles. The summed E-state index contributed by atoms with van der Waals surface area (Å²) >= 11 is 14.5. The number of methoxy groups -OCH3 is 1. The second-order valence-corrected chi connectivity index (χ2v) is 8.43. The molecular formula is C17H14Cl2N2O6S2. The zero-order valence-electron chi connectivity index (χ0n) is 15.0. The monoisotopic (exact) mass is 476 g/mol. The number of amides is 3. The highest BCUT2D eigenvalue weighted by Gasteiger charge is 2.29. The smallest absolute Gasteiger partial charge is 0.350 e. The number of hydrogen-bond acceptors (Lipinski definition) is 8. The van der Waals surface area contributed by atoms with E-state index >= 15 is 0 Å². The number of fused-ring (bicyclic) bond motifs is 1. The second kappa shape index (κ2) is 9.21. The lowest BCUT2D eigenvalue weighted by Gasteiger charge is -2.13. The number of imide groups is 1. The number of carbonyl (C=O) groups excluding carboxylic acids is 4. The van der Waals surface area contributed by atoms with Crippen LogP contribution in [0.15, 0.2) is 12.1 Å². The summed E-state index contributed by atoms with van der Waals surface area (Å²) in [6, 6.07) is 3.32. The molecule has 0 spiro atoms. The van der Waals surface area contributed by atoms with Crippen LogP contribution in [0, 0.1) is 0 Å². The quantitative estimate of drug-likeness (QED) is 0.612. The summed E-state index contributed by atoms with van der Waals surface area (Å²) in [6.45, 7) is -0.405. The fourth-order valence-corrected chi connectivity index (χ4v) is 5.05. The van der Waals surface area contributed by atoms with E-state index < -0.39 is 18.5 Å². The summed E-state index contributed by atoms with van der Waals surface area (Å²) in [5, 5.41) is 3.24. The normalized spacial score (nSPS) is 13.8. The molecule has 1 saturated heterocycles. The van der Waals surface area contributed by atoms with Crippen LogP contribution in [-0.2, 0) is 14.3 Å². The van der Waals surface area contributed by atoms with Crippen molar-refractivity contribution in [3.8, 4) is 5.75 Å². The van der Waals surface area contributed by atoms with E-state index in [0.717, 1.165) is 28.0 Å². The van der Waals surface area contributed by atoms with Crippen LogP contribution in [-0.4, -0.2) is 60.5 Å². The second-order valence-electron chi connectivity index (χ2n) is 5.73. The standard InChI is InChI=1S/C17H14Cl2N2O6S2/c1-26-9-3-2-8-12(18)15(29-14(8)13(9)19)16(24)27-6-10(22)20-4-5-21-11(23)7-28-17(21)25/h2-3H,4-7H2,1H3,(H,20,22). The van der Waals surface area contributed by atoms with Gasteiger partial charge in [-0.15, -0.1) is 11.3 Å². The first-order valence-corrected chi connectivity index (χ1v) is 10.7. The van der Waals surface area contributed by atoms with E-state index in [2.05, 4.69) is 5.32 Å². The molecule has 1 aliphatic rings. The van der Waals surface area contributed by atoms with Crippen molar-refractivity contribution in [1.82, 2.24) is 10.2 Å². The summed E-state index contributed by atoms with van der Waals surface area (Å²) < 4.78 is 10.7. The van der Waals surface area contributed by atoms with Gasteiger partial charge in [0, 0.05) is 18.5 Å². The molecule has 12 heteroatoms. The molecule has 0 saturated carbocycles. The number of nitrogens with one attached hydrogen (secondary N) is 1. The number of hydrogen-bond donors (Lipinski definition) is 1. The van der Waals surface area contributed by atoms with Crippen LogP contribution >= 0.6 is 46.3 Å². The molecule has 154 valence electrons. The van der Waals surface area contributed by atoms with E-state index in [9.17, 15) is 19.2 Å². The van der Waals surface area contributed by atoms with E-state index in [-0.39, 0.29) is 39.9 Å². The van der Waals surface area contributed by atoms with Gasteiger partial charge in [-0.25, -0.2) is 4.79 Å². The van der Waals surface area contributed by atoms with Gasteiger partial charge >= 0.3 is 5.97 Å². The van der Waals surface area contributed by atoms with Gasteiger partial charge in [-0.2, -0.15) is 0 Å². The number of thioether (sulfide) groups is 1. The van der Waals surface area contributed by atoms with Crippen LogP contribution in [0.3, 0.4) is 0 Å². The van der Waals surface area contributed by atoms with Crippen LogP contribution in [0.25, 0.3) is 10.1 Å². The molecular weight excluding hydrogens is 463 g/mol. The maximum Gasteiger partial charge on any atom is 0.350 e. The summed E-state index contributed by atoms with van der Waals surface area (Å²) in [7, 11) is 1.48. The zero-order valence-corrected chi connectivity index (χ0v) is 18.1. The highest BCUT2D eigenvalue weighted by molar-refractivity contribution is 8.14. The fourth-order valence-electron chi connectivity index (χ4n) is 2.52. The van der Waals surface area contributed by atoms with E-state index in [1.165, 1.54) is 7.11 Å². The Morgan fingerprint density at radius 1 is 1.24 bits per heavy atom. The lowest BCUT2D eigenvalue weighted by atomic mass is 10.2. The maximum absolute atomic E-state index is 12.3. The van der Waals surface area contributed by atoms with Gasteiger partial charge in [0.2, 0.25) is 5.91 Å². The number of carbonyl (C=O) groups is 4. The number of benzene rings is 1. The predicted molar refractivity (Wildman–Crippen MR) is 111 cm³/mol. The van der Waals surface area contributed by atoms with E-state index in [0.29, 0.717) is 20.9 Å². The van der Waals surface area contributed by atoms with Gasteiger partial charge in [0.05, 0.1) is 22.6 Å². The van der Waals surface area contributed by atoms with E-state index in [1.807, 2.05) is 0 Å². The topological polar surface area (TPSA) is 102 Å². The first kappa shape index (κ1) is 21.7. The lowest BCUT2D eigenvalue weighted by molar-refractivity contribution is -0.126. The van der Waals surface area contributed by atoms with Crippen molar-refractivity contribution in [2.75, 3.05) is 32.6 Å². The minimum Gasteiger partial charge on any atom is -0.495 e. The SMILES string of the molecule is COc1ccc2c(Cl)c(C(=O)OCC(=O)NCCN3C(=O)CSC3=O)sc2c1Cl. The Balaban J connectivity index is 1.56. The molecule has 0 unspecified atom stereocenters. The molecule has 0 aliphatic carbocycles. The first-order valence-electron chi connectivity index (χ1n) is 8.19. The lowest BCUT2D eigenvalue weighted by Crippen LogP contribution is -2.38. The summed E-state index contributed by atoms with van der Waals surface area (Å²) in [5.41, 5.74) is 0. The van der Waals surface area contributed by atoms with Crippen molar-refractivity contribution in [3.63, 3.8) is 0 Å². The third-order valence-electron chi connectivity index (χ3n) is 3.94. The van der Waals surface area contributed by atoms with Gasteiger partial charge < -0.3 is 14.8 Å². The first-order chi connectivity index (χ1) is 13.8. The molecule has 1 aromatic heterocycles. The van der Waals surface area contributed by atoms with Crippen molar-refractivity contribution in [1.29, 1.82) is 0 Å². The molecule has 1 aliphatic heterocycles. The van der Waals surface area contributed by atoms with Crippen LogP contribution in [0.5, 0.6) is 5.75 Å². The predicted octanol–water partition coefficient (Wildman–Crippen LogP) is 3.19. The molecule has 29 heavy (non-hydrogen) atoms. The highest BCUT2D eigenvalue weighted by atomic mass is 35.5. The minimum absolute atomic E-state index is 0.0623. The Hall–Kier alpha value is -2.01. The largest absolute Gasteiger partial charge is 0.495 e. The van der Waals surface area contributed by atoms with Crippen LogP contribution in [0.2, 0.25) is 10.0 Å². The Kier molecular flexibility index (Phi) is 6.89. The Bertz CT molecular complexity index is 993. The fraction of sp³-hybridized carbons (Fsp3) is 0.294. The van der Waals surface area contributed by atoms with Gasteiger partial charge in [0.25, 0.3) is 11.1 Å². The van der Waals surface area contributed by atoms with E-state index in [1.54, 1.807) is 12.1 Å². The molecule has 1 aromatic carbocycles. The zero-order chi connectivity index (χ0) is 21.1. The van der Waals surface area contributed by atoms with Crippen molar-refractivity contribution < 1.29 is 28.7 Å². The molecule has 0 radical (unpaired) electrons. The number of nitrogens with zero attached hydrogens (tertiary/aromatic N) is 1. The Morgan fingerprint density at radius 2 is 2.00 bits per heavy atom. The third-order valence-corrected chi connectivity index (χ3v) is 6.99. The van der Waals surface area contributed by atoms with Gasteiger partial charge in [-0.1, -0.05) is 35.0 Å². The van der Waals surface area contributed by atoms with Gasteiger partial charge in [0.1, 0.15) is 15.6 Å². The molecule has 8 nitrogen and oxygen atoms in total. The number of thiophene rings is 1. The molecule has 2 aromatic rings. The number of ether oxygens (including phenoxy) is 2. The average molecular weight is 477 g/mol. The van der Waals surface area contributed by atoms with Gasteiger partial charge in [0.15, 0.2) is 6.61 Å². The third kappa shape index (κ3) is 4.61. The molecule has 1 fully saturated rings. The maximum atomic E-state index is 12.3. The van der Waals surface area contributed by atoms with Crippen molar-refractivity contribution in [2.45, 2.75) is 0 Å². The van der Waals surface area contributed by atoms with Crippen LogP contribution in [0.1, 0.15) is 9.67 Å². The average Bonchev–Trinajstić information content (AvgIpc) is 3.21. The summed E-state index contributed by atoms with van der Waals surface area (Å²) in [5.74, 6) is -1.07. The van der Waals surface area contributed by atoms with Gasteiger partial charge in [-0.05, 0) is 12.1 Å². The highest BCUT2D eigenvalue weighted by Crippen LogP contribution is 2.43. The Morgan fingerprint density at radius 3 is 2.66 bits per heavy atom. The van der Waals surface area contributed by atoms with Crippen LogP contribution < -0.4 is 10.1 Å². The molecule has 3 amide bonds. The van der Waals surface area contributed by atoms with Crippen LogP contribution in [0.4, 0.5) is 4.79 Å². The summed E-state index contributed by atoms with van der Waals surface area (Å²) in [6.07, 6.45) is 0. The Labute approximate surface area is 183 Å². The molecule has 0 bridgehead atoms. The van der Waals surface area contributed by atoms with Crippen molar-refractivity contribution in [2.24, 2.45) is 0 Å². The molecule has 3 rings (SSSR count). The van der Waals surface area contributed by atoms with Crippen molar-refractivity contribution in [3.05, 3.63) is 27.1 Å². The number of rotatable bonds is 7. The van der Waals surface area contributed by atoms with E-state index in [4.69, 9.17) is 32.7 Å². The minimum atomic E-state index is -0.761. The molecule has 1 N–H and O–H groups in total.